The van der Waals surface area contributed by atoms with Crippen molar-refractivity contribution in [3.63, 3.8) is 0 Å². The molecule has 18 heavy (non-hydrogen) atoms. The number of aromatic nitrogens is 2. The van der Waals surface area contributed by atoms with Crippen molar-refractivity contribution >= 4 is 15.8 Å². The van der Waals surface area contributed by atoms with Crippen molar-refractivity contribution in [2.24, 2.45) is 7.05 Å². The van der Waals surface area contributed by atoms with Crippen molar-refractivity contribution < 1.29 is 18.3 Å². The van der Waals surface area contributed by atoms with Gasteiger partial charge in [0.15, 0.2) is 5.82 Å². The lowest BCUT2D eigenvalue weighted by Gasteiger charge is -2.05. The van der Waals surface area contributed by atoms with Crippen LogP contribution in [0.25, 0.3) is 0 Å². The summed E-state index contributed by atoms with van der Waals surface area (Å²) in [5.41, 5.74) is 5.49. The van der Waals surface area contributed by atoms with Gasteiger partial charge >= 0.3 is 0 Å². The van der Waals surface area contributed by atoms with E-state index in [2.05, 4.69) is 9.82 Å². The van der Waals surface area contributed by atoms with Gasteiger partial charge in [0.25, 0.3) is 0 Å². The van der Waals surface area contributed by atoms with Crippen molar-refractivity contribution in [1.82, 2.24) is 14.5 Å². The van der Waals surface area contributed by atoms with Crippen LogP contribution >= 0.6 is 0 Å². The zero-order valence-corrected chi connectivity index (χ0v) is 11.0. The number of hydrogen-bond acceptors (Lipinski definition) is 6. The molecular formula is C9H18N4O4S. The molecule has 0 saturated heterocycles. The van der Waals surface area contributed by atoms with Crippen LogP contribution in [0, 0.1) is 0 Å². The van der Waals surface area contributed by atoms with E-state index in [1.807, 2.05) is 0 Å². The molecule has 0 radical (unpaired) electrons. The summed E-state index contributed by atoms with van der Waals surface area (Å²) < 4.78 is 32.4. The SMILES string of the molecule is Cn1cc(S(=O)(=O)NCCCOCCO)c(N)n1. The van der Waals surface area contributed by atoms with Crippen LogP contribution in [0.5, 0.6) is 0 Å². The normalized spacial score (nSPS) is 11.9. The van der Waals surface area contributed by atoms with Gasteiger partial charge < -0.3 is 15.6 Å². The fraction of sp³-hybridized carbons (Fsp3) is 0.667. The molecule has 4 N–H and O–H groups in total. The quantitative estimate of drug-likeness (QED) is 0.507. The molecule has 0 amide bonds. The van der Waals surface area contributed by atoms with E-state index in [9.17, 15) is 8.42 Å². The molecule has 0 atom stereocenters. The summed E-state index contributed by atoms with van der Waals surface area (Å²) in [6, 6.07) is 0. The first-order chi connectivity index (χ1) is 8.47. The van der Waals surface area contributed by atoms with Gasteiger partial charge in [0.1, 0.15) is 4.90 Å². The molecule has 1 aromatic heterocycles. The lowest BCUT2D eigenvalue weighted by molar-refractivity contribution is 0.0913. The number of rotatable bonds is 8. The number of nitrogens with zero attached hydrogens (tertiary/aromatic N) is 2. The van der Waals surface area contributed by atoms with Gasteiger partial charge in [-0.05, 0) is 6.42 Å². The van der Waals surface area contributed by atoms with Gasteiger partial charge in [-0.2, -0.15) is 5.10 Å². The monoisotopic (exact) mass is 278 g/mol. The number of ether oxygens (including phenoxy) is 1. The molecule has 0 aliphatic rings. The lowest BCUT2D eigenvalue weighted by atomic mass is 10.5. The van der Waals surface area contributed by atoms with E-state index in [1.54, 1.807) is 7.05 Å². The maximum atomic E-state index is 11.8. The van der Waals surface area contributed by atoms with Crippen LogP contribution in [0.2, 0.25) is 0 Å². The minimum Gasteiger partial charge on any atom is -0.394 e. The molecule has 0 bridgehead atoms. The van der Waals surface area contributed by atoms with Gasteiger partial charge in [0, 0.05) is 26.4 Å². The van der Waals surface area contributed by atoms with E-state index in [0.717, 1.165) is 0 Å². The average Bonchev–Trinajstić information content (AvgIpc) is 2.63. The number of nitrogens with two attached hydrogens (primary N) is 1. The minimum atomic E-state index is -3.63. The first kappa shape index (κ1) is 14.9. The highest BCUT2D eigenvalue weighted by Crippen LogP contribution is 2.14. The third-order valence-corrected chi connectivity index (χ3v) is 3.58. The highest BCUT2D eigenvalue weighted by molar-refractivity contribution is 7.89. The molecule has 0 spiro atoms. The molecule has 0 aromatic carbocycles. The molecule has 104 valence electrons. The van der Waals surface area contributed by atoms with Gasteiger partial charge in [0.05, 0.1) is 13.2 Å². The van der Waals surface area contributed by atoms with E-state index in [4.69, 9.17) is 15.6 Å². The molecule has 0 unspecified atom stereocenters. The van der Waals surface area contributed by atoms with Crippen LogP contribution in [0.4, 0.5) is 5.82 Å². The maximum Gasteiger partial charge on any atom is 0.245 e. The number of aliphatic hydroxyl groups is 1. The van der Waals surface area contributed by atoms with Crippen molar-refractivity contribution in [1.29, 1.82) is 0 Å². The van der Waals surface area contributed by atoms with Crippen molar-refractivity contribution in [2.45, 2.75) is 11.3 Å². The smallest absolute Gasteiger partial charge is 0.245 e. The van der Waals surface area contributed by atoms with Gasteiger partial charge in [-0.1, -0.05) is 0 Å². The summed E-state index contributed by atoms with van der Waals surface area (Å²) in [6.45, 7) is 0.827. The Bertz CT molecular complexity index is 471. The molecule has 8 nitrogen and oxygen atoms in total. The second kappa shape index (κ2) is 6.69. The van der Waals surface area contributed by atoms with E-state index < -0.39 is 10.0 Å². The van der Waals surface area contributed by atoms with Gasteiger partial charge in [-0.25, -0.2) is 13.1 Å². The molecule has 0 aliphatic carbocycles. The largest absolute Gasteiger partial charge is 0.394 e. The molecule has 0 aliphatic heterocycles. The zero-order valence-electron chi connectivity index (χ0n) is 10.2. The van der Waals surface area contributed by atoms with E-state index in [-0.39, 0.29) is 30.5 Å². The summed E-state index contributed by atoms with van der Waals surface area (Å²) in [6.07, 6.45) is 1.86. The predicted molar refractivity (Wildman–Crippen MR) is 65.3 cm³/mol. The van der Waals surface area contributed by atoms with Gasteiger partial charge in [-0.3, -0.25) is 4.68 Å². The van der Waals surface area contributed by atoms with E-state index >= 15 is 0 Å². The maximum absolute atomic E-state index is 11.8. The van der Waals surface area contributed by atoms with Gasteiger partial charge in [0.2, 0.25) is 10.0 Å². The Morgan fingerprint density at radius 2 is 2.28 bits per heavy atom. The number of nitrogens with one attached hydrogen (secondary N) is 1. The van der Waals surface area contributed by atoms with E-state index in [1.165, 1.54) is 10.9 Å². The summed E-state index contributed by atoms with van der Waals surface area (Å²) >= 11 is 0. The number of hydrogen-bond donors (Lipinski definition) is 3. The molecule has 1 aromatic rings. The fourth-order valence-corrected chi connectivity index (χ4v) is 2.49. The number of aryl methyl sites for hydroxylation is 1. The van der Waals surface area contributed by atoms with Crippen molar-refractivity contribution in [3.8, 4) is 0 Å². The van der Waals surface area contributed by atoms with Crippen molar-refractivity contribution in [3.05, 3.63) is 6.20 Å². The number of aliphatic hydroxyl groups excluding tert-OH is 1. The Kier molecular flexibility index (Phi) is 5.54. The number of sulfonamides is 1. The third-order valence-electron chi connectivity index (χ3n) is 2.10. The van der Waals surface area contributed by atoms with Crippen LogP contribution < -0.4 is 10.5 Å². The first-order valence-corrected chi connectivity index (χ1v) is 6.93. The van der Waals surface area contributed by atoms with Gasteiger partial charge in [-0.15, -0.1) is 0 Å². The number of nitrogen functional groups attached to an aromatic ring is 1. The van der Waals surface area contributed by atoms with E-state index in [0.29, 0.717) is 13.0 Å². The topological polar surface area (TPSA) is 119 Å². The molecule has 1 heterocycles. The second-order valence-electron chi connectivity index (χ2n) is 3.64. The zero-order chi connectivity index (χ0) is 13.6. The summed E-state index contributed by atoms with van der Waals surface area (Å²) in [5, 5.41) is 12.2. The first-order valence-electron chi connectivity index (χ1n) is 5.45. The molecule has 0 fully saturated rings. The van der Waals surface area contributed by atoms with Crippen molar-refractivity contribution in [2.75, 3.05) is 32.1 Å². The summed E-state index contributed by atoms with van der Waals surface area (Å²) in [7, 11) is -2.03. The second-order valence-corrected chi connectivity index (χ2v) is 5.37. The molecule has 9 heteroatoms. The lowest BCUT2D eigenvalue weighted by Crippen LogP contribution is -2.26. The van der Waals surface area contributed by atoms with Crippen LogP contribution in [0.3, 0.4) is 0 Å². The highest BCUT2D eigenvalue weighted by atomic mass is 32.2. The predicted octanol–water partition coefficient (Wildman–Crippen LogP) is -1.32. The Labute approximate surface area is 106 Å². The molecule has 1 rings (SSSR count). The van der Waals surface area contributed by atoms with Crippen LogP contribution in [0.1, 0.15) is 6.42 Å². The minimum absolute atomic E-state index is 0.0264. The highest BCUT2D eigenvalue weighted by Gasteiger charge is 2.19. The number of anilines is 1. The Morgan fingerprint density at radius 3 is 2.83 bits per heavy atom. The Morgan fingerprint density at radius 1 is 1.56 bits per heavy atom. The van der Waals surface area contributed by atoms with Crippen LogP contribution in [0.15, 0.2) is 11.1 Å². The van der Waals surface area contributed by atoms with Crippen LogP contribution in [-0.2, 0) is 21.8 Å². The average molecular weight is 278 g/mol. The Hall–Kier alpha value is -1.16. The standard InChI is InChI=1S/C9H18N4O4S/c1-13-7-8(9(10)12-13)18(15,16)11-3-2-5-17-6-4-14/h7,11,14H,2-6H2,1H3,(H2,10,12). The molecular weight excluding hydrogens is 260 g/mol. The Balaban J connectivity index is 2.43. The third kappa shape index (κ3) is 4.26. The summed E-state index contributed by atoms with van der Waals surface area (Å²) in [5.74, 6) is -0.0264. The van der Waals surface area contributed by atoms with Crippen LogP contribution in [-0.4, -0.2) is 49.7 Å². The summed E-state index contributed by atoms with van der Waals surface area (Å²) in [4.78, 5) is -0.0266. The fourth-order valence-electron chi connectivity index (χ4n) is 1.32. The molecule has 0 saturated carbocycles.